The number of hydrogen-bond acceptors (Lipinski definition) is 10. The maximum atomic E-state index is 12.2. The van der Waals surface area contributed by atoms with Crippen molar-refractivity contribution < 1.29 is 33.0 Å². The van der Waals surface area contributed by atoms with Gasteiger partial charge in [-0.05, 0) is 18.2 Å². The van der Waals surface area contributed by atoms with Crippen LogP contribution in [0.15, 0.2) is 35.1 Å². The van der Waals surface area contributed by atoms with E-state index in [4.69, 9.17) is 23.4 Å². The summed E-state index contributed by atoms with van der Waals surface area (Å²) in [6.07, 6.45) is 2.20. The van der Waals surface area contributed by atoms with Crippen LogP contribution < -0.4 is 5.32 Å². The molecule has 2 rings (SSSR count). The van der Waals surface area contributed by atoms with Crippen molar-refractivity contribution >= 4 is 17.9 Å². The summed E-state index contributed by atoms with van der Waals surface area (Å²) in [5.74, 6) is -2.48. The molecule has 1 N–H and O–H groups in total. The van der Waals surface area contributed by atoms with Crippen molar-refractivity contribution in [2.75, 3.05) is 33.8 Å². The van der Waals surface area contributed by atoms with Gasteiger partial charge in [0.15, 0.2) is 5.92 Å². The summed E-state index contributed by atoms with van der Waals surface area (Å²) < 4.78 is 25.2. The number of methoxy groups -OCH3 is 4. The Morgan fingerprint density at radius 2 is 1.74 bits per heavy atom. The standard InChI is InChI=1S/C17H21N3O7/c1-23-14(21)12(15(22)24-2)13(11-6-5-9-27-11)20-17-18-8-7-10(19-17)16(25-3)26-4/h5-9,12-13,16H,1-4H3,(H,18,19,20)/t13-/m1/s1. The fourth-order valence-corrected chi connectivity index (χ4v) is 2.46. The number of esters is 2. The highest BCUT2D eigenvalue weighted by Crippen LogP contribution is 2.28. The Bertz CT molecular complexity index is 731. The van der Waals surface area contributed by atoms with Crippen molar-refractivity contribution in [2.24, 2.45) is 5.92 Å². The smallest absolute Gasteiger partial charge is 0.322 e. The van der Waals surface area contributed by atoms with Gasteiger partial charge in [0.05, 0.1) is 20.5 Å². The van der Waals surface area contributed by atoms with E-state index in [-0.39, 0.29) is 5.95 Å². The van der Waals surface area contributed by atoms with Crippen LogP contribution in [-0.2, 0) is 28.5 Å². The van der Waals surface area contributed by atoms with E-state index in [1.54, 1.807) is 18.2 Å². The summed E-state index contributed by atoms with van der Waals surface area (Å²) in [5.41, 5.74) is 0.448. The second kappa shape index (κ2) is 9.64. The summed E-state index contributed by atoms with van der Waals surface area (Å²) in [7, 11) is 5.30. The number of ether oxygens (including phenoxy) is 4. The molecule has 0 saturated carbocycles. The van der Waals surface area contributed by atoms with Gasteiger partial charge in [-0.1, -0.05) is 0 Å². The average Bonchev–Trinajstić information content (AvgIpc) is 3.23. The molecule has 27 heavy (non-hydrogen) atoms. The van der Waals surface area contributed by atoms with Crippen LogP contribution in [-0.4, -0.2) is 50.3 Å². The van der Waals surface area contributed by atoms with E-state index in [0.29, 0.717) is 11.5 Å². The lowest BCUT2D eigenvalue weighted by molar-refractivity contribution is -0.159. The van der Waals surface area contributed by atoms with Crippen LogP contribution in [0, 0.1) is 5.92 Å². The Labute approximate surface area is 155 Å². The summed E-state index contributed by atoms with van der Waals surface area (Å²) in [6.45, 7) is 0. The summed E-state index contributed by atoms with van der Waals surface area (Å²) >= 11 is 0. The van der Waals surface area contributed by atoms with Crippen LogP contribution >= 0.6 is 0 Å². The average molecular weight is 379 g/mol. The molecule has 0 fully saturated rings. The predicted molar refractivity (Wildman–Crippen MR) is 91.4 cm³/mol. The normalized spacial score (nSPS) is 12.1. The minimum Gasteiger partial charge on any atom is -0.468 e. The second-order valence-corrected chi connectivity index (χ2v) is 5.27. The third kappa shape index (κ3) is 4.80. The van der Waals surface area contributed by atoms with Crippen molar-refractivity contribution in [1.29, 1.82) is 0 Å². The Morgan fingerprint density at radius 3 is 2.26 bits per heavy atom. The van der Waals surface area contributed by atoms with Gasteiger partial charge in [-0.15, -0.1) is 0 Å². The number of hydrogen-bond donors (Lipinski definition) is 1. The van der Waals surface area contributed by atoms with Gasteiger partial charge in [-0.3, -0.25) is 9.59 Å². The van der Waals surface area contributed by atoms with Crippen molar-refractivity contribution in [3.8, 4) is 0 Å². The number of furan rings is 1. The Hall–Kier alpha value is -2.98. The molecule has 0 unspecified atom stereocenters. The monoisotopic (exact) mass is 379 g/mol. The fraction of sp³-hybridized carbons (Fsp3) is 0.412. The van der Waals surface area contributed by atoms with Gasteiger partial charge in [0.2, 0.25) is 12.2 Å². The second-order valence-electron chi connectivity index (χ2n) is 5.27. The highest BCUT2D eigenvalue weighted by atomic mass is 16.7. The lowest BCUT2D eigenvalue weighted by Gasteiger charge is -2.23. The molecular weight excluding hydrogens is 358 g/mol. The maximum absolute atomic E-state index is 12.2. The van der Waals surface area contributed by atoms with Gasteiger partial charge < -0.3 is 28.7 Å². The quantitative estimate of drug-likeness (QED) is 0.389. The highest BCUT2D eigenvalue weighted by molar-refractivity contribution is 5.96. The zero-order valence-electron chi connectivity index (χ0n) is 15.4. The lowest BCUT2D eigenvalue weighted by Crippen LogP contribution is -2.36. The van der Waals surface area contributed by atoms with Crippen LogP contribution in [0.3, 0.4) is 0 Å². The molecule has 10 nitrogen and oxygen atoms in total. The minimum atomic E-state index is -1.33. The van der Waals surface area contributed by atoms with E-state index >= 15 is 0 Å². The minimum absolute atomic E-state index is 0.130. The Kier molecular flexibility index (Phi) is 7.26. The topological polar surface area (TPSA) is 122 Å². The highest BCUT2D eigenvalue weighted by Gasteiger charge is 2.40. The lowest BCUT2D eigenvalue weighted by atomic mass is 9.97. The van der Waals surface area contributed by atoms with E-state index in [1.807, 2.05) is 0 Å². The molecule has 2 aromatic rings. The zero-order chi connectivity index (χ0) is 19.8. The van der Waals surface area contributed by atoms with Crippen molar-refractivity contribution in [1.82, 2.24) is 9.97 Å². The molecular formula is C17H21N3O7. The van der Waals surface area contributed by atoms with Crippen LogP contribution in [0.4, 0.5) is 5.95 Å². The number of carbonyl (C=O) groups excluding carboxylic acids is 2. The summed E-state index contributed by atoms with van der Waals surface area (Å²) in [6, 6.07) is 3.88. The van der Waals surface area contributed by atoms with Crippen molar-refractivity contribution in [2.45, 2.75) is 12.3 Å². The van der Waals surface area contributed by atoms with Crippen LogP contribution in [0.25, 0.3) is 0 Å². The zero-order valence-corrected chi connectivity index (χ0v) is 15.4. The first kappa shape index (κ1) is 20.3. The van der Waals surface area contributed by atoms with E-state index in [9.17, 15) is 9.59 Å². The molecule has 0 bridgehead atoms. The number of aromatic nitrogens is 2. The first-order chi connectivity index (χ1) is 13.0. The largest absolute Gasteiger partial charge is 0.468 e. The molecule has 10 heteroatoms. The molecule has 0 radical (unpaired) electrons. The van der Waals surface area contributed by atoms with Crippen LogP contribution in [0.5, 0.6) is 0 Å². The first-order valence-corrected chi connectivity index (χ1v) is 7.89. The number of rotatable bonds is 9. The molecule has 0 saturated heterocycles. The molecule has 0 aliphatic heterocycles. The van der Waals surface area contributed by atoms with Gasteiger partial charge in [0.25, 0.3) is 0 Å². The van der Waals surface area contributed by atoms with E-state index in [0.717, 1.165) is 0 Å². The van der Waals surface area contributed by atoms with Crippen LogP contribution in [0.2, 0.25) is 0 Å². The molecule has 1 atom stereocenters. The molecule has 2 aromatic heterocycles. The third-order valence-electron chi connectivity index (χ3n) is 3.72. The molecule has 2 heterocycles. The van der Waals surface area contributed by atoms with Gasteiger partial charge in [0.1, 0.15) is 17.5 Å². The van der Waals surface area contributed by atoms with Gasteiger partial charge in [0, 0.05) is 20.4 Å². The first-order valence-electron chi connectivity index (χ1n) is 7.89. The Balaban J connectivity index is 2.40. The molecule has 0 aromatic carbocycles. The van der Waals surface area contributed by atoms with E-state index in [2.05, 4.69) is 15.3 Å². The van der Waals surface area contributed by atoms with Crippen LogP contribution in [0.1, 0.15) is 23.8 Å². The number of anilines is 1. The predicted octanol–water partition coefficient (Wildman–Crippen LogP) is 1.48. The SMILES string of the molecule is COC(=O)C(C(=O)OC)[C@H](Nc1nccc(C(OC)OC)n1)c1ccco1. The van der Waals surface area contributed by atoms with E-state index < -0.39 is 30.2 Å². The van der Waals surface area contributed by atoms with E-state index in [1.165, 1.54) is 40.9 Å². The van der Waals surface area contributed by atoms with Gasteiger partial charge in [-0.2, -0.15) is 0 Å². The summed E-state index contributed by atoms with van der Waals surface area (Å²) in [4.78, 5) is 32.9. The number of carbonyl (C=O) groups is 2. The molecule has 0 aliphatic rings. The van der Waals surface area contributed by atoms with Gasteiger partial charge >= 0.3 is 11.9 Å². The van der Waals surface area contributed by atoms with Crippen molar-refractivity contribution in [3.63, 3.8) is 0 Å². The molecule has 0 spiro atoms. The third-order valence-corrected chi connectivity index (χ3v) is 3.72. The Morgan fingerprint density at radius 1 is 1.07 bits per heavy atom. The maximum Gasteiger partial charge on any atom is 0.322 e. The van der Waals surface area contributed by atoms with Crippen molar-refractivity contribution in [3.05, 3.63) is 42.1 Å². The molecule has 0 amide bonds. The number of nitrogens with zero attached hydrogens (tertiary/aromatic N) is 2. The molecule has 0 aliphatic carbocycles. The number of nitrogens with one attached hydrogen (secondary N) is 1. The summed E-state index contributed by atoms with van der Waals surface area (Å²) in [5, 5.41) is 2.93. The fourth-order valence-electron chi connectivity index (χ4n) is 2.46. The molecule has 146 valence electrons. The van der Waals surface area contributed by atoms with Gasteiger partial charge in [-0.25, -0.2) is 9.97 Å².